The summed E-state index contributed by atoms with van der Waals surface area (Å²) in [5.41, 5.74) is 1.35. The van der Waals surface area contributed by atoms with Crippen molar-refractivity contribution in [2.45, 2.75) is 32.2 Å². The molecule has 0 bridgehead atoms. The maximum Gasteiger partial charge on any atom is 0.198 e. The minimum Gasteiger partial charge on any atom is -0.388 e. The molecular weight excluding hydrogens is 284 g/mol. The monoisotopic (exact) mass is 304 g/mol. The molecule has 21 heavy (non-hydrogen) atoms. The predicted molar refractivity (Wildman–Crippen MR) is 83.1 cm³/mol. The Labute approximate surface area is 129 Å². The van der Waals surface area contributed by atoms with Crippen LogP contribution >= 0.6 is 12.2 Å². The van der Waals surface area contributed by atoms with E-state index in [1.807, 2.05) is 17.8 Å². The number of aliphatic hydroxyl groups excluding tert-OH is 1. The van der Waals surface area contributed by atoms with Crippen molar-refractivity contribution in [2.24, 2.45) is 7.05 Å². The van der Waals surface area contributed by atoms with Crippen molar-refractivity contribution in [1.29, 1.82) is 0 Å². The molecule has 1 fully saturated rings. The lowest BCUT2D eigenvalue weighted by Gasteiger charge is -2.24. The van der Waals surface area contributed by atoms with Gasteiger partial charge in [0.15, 0.2) is 10.6 Å². The molecule has 1 unspecified atom stereocenters. The molecule has 0 aliphatic carbocycles. The van der Waals surface area contributed by atoms with Crippen LogP contribution in [0.5, 0.6) is 0 Å². The van der Waals surface area contributed by atoms with Crippen LogP contribution < -0.4 is 0 Å². The zero-order chi connectivity index (χ0) is 14.8. The lowest BCUT2D eigenvalue weighted by atomic mass is 10.1. The van der Waals surface area contributed by atoms with Gasteiger partial charge in [0.25, 0.3) is 0 Å². The topological polar surface area (TPSA) is 46.2 Å². The number of benzene rings is 1. The van der Waals surface area contributed by atoms with E-state index >= 15 is 0 Å². The highest BCUT2D eigenvalue weighted by Gasteiger charge is 2.26. The van der Waals surface area contributed by atoms with E-state index in [1.54, 1.807) is 4.57 Å². The number of aromatic nitrogens is 3. The Balaban J connectivity index is 1.83. The van der Waals surface area contributed by atoms with Crippen LogP contribution in [0, 0.1) is 4.77 Å². The van der Waals surface area contributed by atoms with Crippen LogP contribution in [0.15, 0.2) is 30.3 Å². The number of aliphatic hydroxyl groups is 1. The standard InChI is InChI=1S/C15H20N4OS/c1-17-14(10-20)16-19(15(17)21)11-18-9-5-8-13(18)12-6-3-2-4-7-12/h2-4,6-7,13,20H,5,8-11H2,1H3. The predicted octanol–water partition coefficient (Wildman–Crippen LogP) is 2.24. The van der Waals surface area contributed by atoms with Crippen LogP contribution in [0.25, 0.3) is 0 Å². The van der Waals surface area contributed by atoms with Gasteiger partial charge in [-0.05, 0) is 30.6 Å². The molecule has 2 heterocycles. The van der Waals surface area contributed by atoms with Gasteiger partial charge in [0.1, 0.15) is 6.61 Å². The fourth-order valence-electron chi connectivity index (χ4n) is 2.98. The lowest BCUT2D eigenvalue weighted by Crippen LogP contribution is -2.27. The Bertz CT molecular complexity index is 664. The van der Waals surface area contributed by atoms with Crippen molar-refractivity contribution in [3.05, 3.63) is 46.5 Å². The van der Waals surface area contributed by atoms with Crippen molar-refractivity contribution in [2.75, 3.05) is 6.54 Å². The number of hydrogen-bond acceptors (Lipinski definition) is 4. The van der Waals surface area contributed by atoms with Gasteiger partial charge in [-0.15, -0.1) is 0 Å². The Hall–Kier alpha value is -1.50. The second kappa shape index (κ2) is 6.09. The molecular formula is C15H20N4OS. The van der Waals surface area contributed by atoms with E-state index in [0.29, 0.717) is 23.3 Å². The third-order valence-corrected chi connectivity index (χ3v) is 4.62. The summed E-state index contributed by atoms with van der Waals surface area (Å²) in [5, 5.41) is 13.7. The number of likely N-dealkylation sites (tertiary alicyclic amines) is 1. The molecule has 112 valence electrons. The molecule has 1 aliphatic rings. The summed E-state index contributed by atoms with van der Waals surface area (Å²) in [6, 6.07) is 11.0. The third-order valence-electron chi connectivity index (χ3n) is 4.14. The van der Waals surface area contributed by atoms with Crippen LogP contribution in [-0.2, 0) is 20.3 Å². The molecule has 0 saturated carbocycles. The van der Waals surface area contributed by atoms with E-state index in [9.17, 15) is 5.11 Å². The van der Waals surface area contributed by atoms with Crippen LogP contribution in [0.4, 0.5) is 0 Å². The first-order valence-electron chi connectivity index (χ1n) is 7.23. The summed E-state index contributed by atoms with van der Waals surface area (Å²) in [6.45, 7) is 1.63. The molecule has 1 aromatic heterocycles. The van der Waals surface area contributed by atoms with Crippen molar-refractivity contribution in [3.63, 3.8) is 0 Å². The van der Waals surface area contributed by atoms with Gasteiger partial charge in [-0.25, -0.2) is 4.68 Å². The van der Waals surface area contributed by atoms with E-state index in [2.05, 4.69) is 34.3 Å². The molecule has 1 aromatic carbocycles. The van der Waals surface area contributed by atoms with E-state index < -0.39 is 0 Å². The van der Waals surface area contributed by atoms with E-state index in [0.717, 1.165) is 13.0 Å². The van der Waals surface area contributed by atoms with Crippen LogP contribution in [-0.4, -0.2) is 30.9 Å². The molecule has 0 spiro atoms. The zero-order valence-corrected chi connectivity index (χ0v) is 13.0. The van der Waals surface area contributed by atoms with E-state index in [1.165, 1.54) is 12.0 Å². The normalized spacial score (nSPS) is 19.2. The minimum absolute atomic E-state index is 0.0880. The molecule has 5 nitrogen and oxygen atoms in total. The van der Waals surface area contributed by atoms with Gasteiger partial charge in [-0.1, -0.05) is 30.3 Å². The van der Waals surface area contributed by atoms with Crippen molar-refractivity contribution < 1.29 is 5.11 Å². The van der Waals surface area contributed by atoms with Crippen molar-refractivity contribution >= 4 is 12.2 Å². The summed E-state index contributed by atoms with van der Waals surface area (Å²) in [6.07, 6.45) is 2.35. The summed E-state index contributed by atoms with van der Waals surface area (Å²) in [7, 11) is 1.84. The van der Waals surface area contributed by atoms with Gasteiger partial charge < -0.3 is 9.67 Å². The second-order valence-electron chi connectivity index (χ2n) is 5.44. The number of hydrogen-bond donors (Lipinski definition) is 1. The average molecular weight is 304 g/mol. The van der Waals surface area contributed by atoms with Gasteiger partial charge in [0, 0.05) is 19.6 Å². The minimum atomic E-state index is -0.0880. The smallest absolute Gasteiger partial charge is 0.198 e. The Morgan fingerprint density at radius 3 is 2.76 bits per heavy atom. The van der Waals surface area contributed by atoms with Gasteiger partial charge in [0.05, 0.1) is 6.67 Å². The molecule has 0 amide bonds. The van der Waals surface area contributed by atoms with Crippen LogP contribution in [0.2, 0.25) is 0 Å². The summed E-state index contributed by atoms with van der Waals surface area (Å²) >= 11 is 5.40. The first kappa shape index (κ1) is 14.4. The lowest BCUT2D eigenvalue weighted by molar-refractivity contribution is 0.188. The highest BCUT2D eigenvalue weighted by molar-refractivity contribution is 7.71. The molecule has 1 saturated heterocycles. The van der Waals surface area contributed by atoms with E-state index in [-0.39, 0.29) is 6.61 Å². The summed E-state index contributed by atoms with van der Waals surface area (Å²) in [5.74, 6) is 0.607. The Morgan fingerprint density at radius 1 is 1.33 bits per heavy atom. The Kier molecular flexibility index (Phi) is 4.19. The molecule has 1 aliphatic heterocycles. The van der Waals surface area contributed by atoms with Gasteiger partial charge in [0.2, 0.25) is 0 Å². The van der Waals surface area contributed by atoms with Gasteiger partial charge in [-0.2, -0.15) is 5.10 Å². The van der Waals surface area contributed by atoms with Gasteiger partial charge >= 0.3 is 0 Å². The first-order valence-corrected chi connectivity index (χ1v) is 7.64. The Morgan fingerprint density at radius 2 is 2.10 bits per heavy atom. The second-order valence-corrected chi connectivity index (χ2v) is 5.80. The average Bonchev–Trinajstić information content (AvgIpc) is 3.08. The van der Waals surface area contributed by atoms with Crippen LogP contribution in [0.1, 0.15) is 30.3 Å². The molecule has 0 radical (unpaired) electrons. The zero-order valence-electron chi connectivity index (χ0n) is 12.1. The highest BCUT2D eigenvalue weighted by Crippen LogP contribution is 2.31. The third kappa shape index (κ3) is 2.79. The van der Waals surface area contributed by atoms with Crippen molar-refractivity contribution in [3.8, 4) is 0 Å². The SMILES string of the molecule is Cn1c(CO)nn(CN2CCCC2c2ccccc2)c1=S. The first-order chi connectivity index (χ1) is 10.2. The fourth-order valence-corrected chi connectivity index (χ4v) is 3.19. The van der Waals surface area contributed by atoms with E-state index in [4.69, 9.17) is 12.2 Å². The number of nitrogens with zero attached hydrogens (tertiary/aromatic N) is 4. The molecule has 6 heteroatoms. The molecule has 1 N–H and O–H groups in total. The highest BCUT2D eigenvalue weighted by atomic mass is 32.1. The molecule has 1 atom stereocenters. The maximum absolute atomic E-state index is 9.29. The summed E-state index contributed by atoms with van der Waals surface area (Å²) < 4.78 is 4.23. The van der Waals surface area contributed by atoms with Crippen LogP contribution in [0.3, 0.4) is 0 Å². The summed E-state index contributed by atoms with van der Waals surface area (Å²) in [4.78, 5) is 2.40. The van der Waals surface area contributed by atoms with Gasteiger partial charge in [-0.3, -0.25) is 4.90 Å². The molecule has 3 rings (SSSR count). The quantitative estimate of drug-likeness (QED) is 0.880. The largest absolute Gasteiger partial charge is 0.388 e. The maximum atomic E-state index is 9.29. The van der Waals surface area contributed by atoms with Crippen molar-refractivity contribution in [1.82, 2.24) is 19.2 Å². The number of rotatable bonds is 4. The molecule has 2 aromatic rings. The fraction of sp³-hybridized carbons (Fsp3) is 0.467.